The highest BCUT2D eigenvalue weighted by Gasteiger charge is 2.06. The summed E-state index contributed by atoms with van der Waals surface area (Å²) < 4.78 is 0. The molecule has 0 aromatic carbocycles. The van der Waals surface area contributed by atoms with E-state index in [1.807, 2.05) is 6.92 Å². The SMILES string of the molecule is Cc1nc(N)sc1CC(C)C. The van der Waals surface area contributed by atoms with Gasteiger partial charge in [0.25, 0.3) is 0 Å². The van der Waals surface area contributed by atoms with Gasteiger partial charge in [-0.05, 0) is 19.3 Å². The number of nitrogens with zero attached hydrogens (tertiary/aromatic N) is 1. The van der Waals surface area contributed by atoms with E-state index in [2.05, 4.69) is 18.8 Å². The summed E-state index contributed by atoms with van der Waals surface area (Å²) in [6, 6.07) is 0. The first kappa shape index (κ1) is 8.53. The molecule has 1 aromatic heterocycles. The van der Waals surface area contributed by atoms with Crippen molar-refractivity contribution in [1.82, 2.24) is 4.98 Å². The topological polar surface area (TPSA) is 38.9 Å². The van der Waals surface area contributed by atoms with Crippen molar-refractivity contribution in [2.75, 3.05) is 5.73 Å². The van der Waals surface area contributed by atoms with Crippen LogP contribution in [0, 0.1) is 12.8 Å². The predicted octanol–water partition coefficient (Wildman–Crippen LogP) is 2.23. The van der Waals surface area contributed by atoms with E-state index in [-0.39, 0.29) is 0 Å². The van der Waals surface area contributed by atoms with Gasteiger partial charge in [-0.3, -0.25) is 0 Å². The second-order valence-corrected chi connectivity index (χ2v) is 4.27. The Balaban J connectivity index is 2.77. The molecule has 0 atom stereocenters. The van der Waals surface area contributed by atoms with E-state index < -0.39 is 0 Å². The van der Waals surface area contributed by atoms with Crippen LogP contribution < -0.4 is 5.73 Å². The molecule has 0 saturated carbocycles. The van der Waals surface area contributed by atoms with E-state index >= 15 is 0 Å². The third-order valence-electron chi connectivity index (χ3n) is 1.50. The predicted molar refractivity (Wildman–Crippen MR) is 49.8 cm³/mol. The number of aromatic nitrogens is 1. The molecule has 0 unspecified atom stereocenters. The molecule has 0 bridgehead atoms. The van der Waals surface area contributed by atoms with Gasteiger partial charge in [0.05, 0.1) is 5.69 Å². The highest BCUT2D eigenvalue weighted by Crippen LogP contribution is 2.22. The normalized spacial score (nSPS) is 10.9. The Bertz CT molecular complexity index is 240. The van der Waals surface area contributed by atoms with Gasteiger partial charge in [0, 0.05) is 4.88 Å². The molecule has 0 aliphatic rings. The minimum absolute atomic E-state index is 0.688. The standard InChI is InChI=1S/C8H14N2S/c1-5(2)4-7-6(3)10-8(9)11-7/h5H,4H2,1-3H3,(H2,9,10). The summed E-state index contributed by atoms with van der Waals surface area (Å²) >= 11 is 1.61. The van der Waals surface area contributed by atoms with Crippen LogP contribution in [-0.2, 0) is 6.42 Å². The number of hydrogen-bond acceptors (Lipinski definition) is 3. The Morgan fingerprint density at radius 1 is 1.55 bits per heavy atom. The van der Waals surface area contributed by atoms with Crippen LogP contribution >= 0.6 is 11.3 Å². The Labute approximate surface area is 71.5 Å². The number of nitrogen functional groups attached to an aromatic ring is 1. The van der Waals surface area contributed by atoms with Gasteiger partial charge in [0.15, 0.2) is 5.13 Å². The highest BCUT2D eigenvalue weighted by molar-refractivity contribution is 7.15. The summed E-state index contributed by atoms with van der Waals surface area (Å²) in [6.07, 6.45) is 1.10. The van der Waals surface area contributed by atoms with Gasteiger partial charge in [-0.15, -0.1) is 11.3 Å². The molecule has 11 heavy (non-hydrogen) atoms. The average molecular weight is 170 g/mol. The van der Waals surface area contributed by atoms with Gasteiger partial charge in [0.1, 0.15) is 0 Å². The molecule has 3 heteroatoms. The quantitative estimate of drug-likeness (QED) is 0.739. The van der Waals surface area contributed by atoms with Crippen LogP contribution in [0.5, 0.6) is 0 Å². The highest BCUT2D eigenvalue weighted by atomic mass is 32.1. The minimum atomic E-state index is 0.688. The zero-order valence-corrected chi connectivity index (χ0v) is 8.03. The molecule has 1 rings (SSSR count). The Morgan fingerprint density at radius 2 is 2.18 bits per heavy atom. The van der Waals surface area contributed by atoms with E-state index in [0.29, 0.717) is 11.0 Å². The van der Waals surface area contributed by atoms with Crippen molar-refractivity contribution in [3.8, 4) is 0 Å². The van der Waals surface area contributed by atoms with E-state index in [1.165, 1.54) is 4.88 Å². The summed E-state index contributed by atoms with van der Waals surface area (Å²) in [7, 11) is 0. The second-order valence-electron chi connectivity index (χ2n) is 3.16. The maximum Gasteiger partial charge on any atom is 0.180 e. The van der Waals surface area contributed by atoms with E-state index in [4.69, 9.17) is 5.73 Å². The van der Waals surface area contributed by atoms with E-state index in [0.717, 1.165) is 12.1 Å². The fourth-order valence-electron chi connectivity index (χ4n) is 1.01. The molecule has 0 aliphatic heterocycles. The molecule has 0 spiro atoms. The van der Waals surface area contributed by atoms with Crippen LogP contribution in [-0.4, -0.2) is 4.98 Å². The van der Waals surface area contributed by atoms with Crippen molar-refractivity contribution in [3.05, 3.63) is 10.6 Å². The van der Waals surface area contributed by atoms with Crippen LogP contribution in [0.3, 0.4) is 0 Å². The molecule has 0 saturated heterocycles. The van der Waals surface area contributed by atoms with Crippen molar-refractivity contribution in [2.24, 2.45) is 5.92 Å². The van der Waals surface area contributed by atoms with Gasteiger partial charge in [-0.2, -0.15) is 0 Å². The number of hydrogen-bond donors (Lipinski definition) is 1. The molecular weight excluding hydrogens is 156 g/mol. The maximum atomic E-state index is 5.56. The average Bonchev–Trinajstić information content (AvgIpc) is 2.09. The zero-order valence-electron chi connectivity index (χ0n) is 7.22. The second kappa shape index (κ2) is 3.22. The van der Waals surface area contributed by atoms with Gasteiger partial charge in [-0.1, -0.05) is 13.8 Å². The van der Waals surface area contributed by atoms with Gasteiger partial charge in [-0.25, -0.2) is 4.98 Å². The largest absolute Gasteiger partial charge is 0.375 e. The van der Waals surface area contributed by atoms with Crippen molar-refractivity contribution in [1.29, 1.82) is 0 Å². The zero-order chi connectivity index (χ0) is 8.43. The summed E-state index contributed by atoms with van der Waals surface area (Å²) in [6.45, 7) is 6.43. The number of rotatable bonds is 2. The molecule has 0 fully saturated rings. The lowest BCUT2D eigenvalue weighted by Crippen LogP contribution is -1.92. The van der Waals surface area contributed by atoms with Crippen molar-refractivity contribution in [2.45, 2.75) is 27.2 Å². The number of nitrogens with two attached hydrogens (primary N) is 1. The lowest BCUT2D eigenvalue weighted by atomic mass is 10.1. The summed E-state index contributed by atoms with van der Waals surface area (Å²) in [5, 5.41) is 0.693. The van der Waals surface area contributed by atoms with Gasteiger partial charge >= 0.3 is 0 Å². The lowest BCUT2D eigenvalue weighted by molar-refractivity contribution is 0.651. The van der Waals surface area contributed by atoms with Crippen LogP contribution in [0.1, 0.15) is 24.4 Å². The van der Waals surface area contributed by atoms with E-state index in [1.54, 1.807) is 11.3 Å². The van der Waals surface area contributed by atoms with Crippen LogP contribution in [0.2, 0.25) is 0 Å². The summed E-state index contributed by atoms with van der Waals surface area (Å²) in [5.74, 6) is 0.688. The summed E-state index contributed by atoms with van der Waals surface area (Å²) in [4.78, 5) is 5.49. The molecule has 2 nitrogen and oxygen atoms in total. The maximum absolute atomic E-state index is 5.56. The van der Waals surface area contributed by atoms with Crippen LogP contribution in [0.25, 0.3) is 0 Å². The van der Waals surface area contributed by atoms with Crippen LogP contribution in [0.15, 0.2) is 0 Å². The molecule has 0 radical (unpaired) electrons. The minimum Gasteiger partial charge on any atom is -0.375 e. The van der Waals surface area contributed by atoms with Crippen LogP contribution in [0.4, 0.5) is 5.13 Å². The first-order valence-electron chi connectivity index (χ1n) is 3.81. The van der Waals surface area contributed by atoms with Crippen molar-refractivity contribution in [3.63, 3.8) is 0 Å². The molecule has 1 aromatic rings. The molecule has 0 aliphatic carbocycles. The molecular formula is C8H14N2S. The molecule has 2 N–H and O–H groups in total. The van der Waals surface area contributed by atoms with Gasteiger partial charge in [0.2, 0.25) is 0 Å². The molecule has 1 heterocycles. The Morgan fingerprint density at radius 3 is 2.55 bits per heavy atom. The fourth-order valence-corrected chi connectivity index (χ4v) is 2.06. The number of thiazole rings is 1. The Hall–Kier alpha value is -0.570. The number of aryl methyl sites for hydroxylation is 1. The number of anilines is 1. The smallest absolute Gasteiger partial charge is 0.180 e. The van der Waals surface area contributed by atoms with Crippen molar-refractivity contribution >= 4 is 16.5 Å². The van der Waals surface area contributed by atoms with E-state index in [9.17, 15) is 0 Å². The van der Waals surface area contributed by atoms with Crippen molar-refractivity contribution < 1.29 is 0 Å². The summed E-state index contributed by atoms with van der Waals surface area (Å²) in [5.41, 5.74) is 6.66. The lowest BCUT2D eigenvalue weighted by Gasteiger charge is -2.00. The van der Waals surface area contributed by atoms with Gasteiger partial charge < -0.3 is 5.73 Å². The molecule has 62 valence electrons. The molecule has 0 amide bonds. The third-order valence-corrected chi connectivity index (χ3v) is 2.51. The monoisotopic (exact) mass is 170 g/mol. The first-order valence-corrected chi connectivity index (χ1v) is 4.63. The first-order chi connectivity index (χ1) is 5.09. The Kier molecular flexibility index (Phi) is 2.49. The third kappa shape index (κ3) is 2.19. The fraction of sp³-hybridized carbons (Fsp3) is 0.625.